The number of benzene rings is 2. The van der Waals surface area contributed by atoms with Crippen LogP contribution >= 0.6 is 11.6 Å². The molecule has 0 spiro atoms. The van der Waals surface area contributed by atoms with Gasteiger partial charge in [-0.3, -0.25) is 4.79 Å². The van der Waals surface area contributed by atoms with Gasteiger partial charge in [-0.2, -0.15) is 0 Å². The number of carbonyl (C=O) groups is 1. The SMILES string of the molecule is CC(C)[C@H](NCC(=O)NCc1ccccc1Cl)c1ccc(F)cc1. The summed E-state index contributed by atoms with van der Waals surface area (Å²) in [5.41, 5.74) is 1.84. The zero-order valence-electron chi connectivity index (χ0n) is 13.9. The molecule has 2 rings (SSSR count). The van der Waals surface area contributed by atoms with Crippen molar-refractivity contribution in [2.24, 2.45) is 5.92 Å². The van der Waals surface area contributed by atoms with Gasteiger partial charge in [-0.15, -0.1) is 0 Å². The van der Waals surface area contributed by atoms with E-state index in [4.69, 9.17) is 11.6 Å². The molecule has 0 fully saturated rings. The average Bonchev–Trinajstić information content (AvgIpc) is 2.55. The van der Waals surface area contributed by atoms with Crippen molar-refractivity contribution in [3.63, 3.8) is 0 Å². The summed E-state index contributed by atoms with van der Waals surface area (Å²) in [5, 5.41) is 6.72. The normalized spacial score (nSPS) is 12.2. The average molecular weight is 349 g/mol. The molecule has 2 aromatic rings. The first-order chi connectivity index (χ1) is 11.5. The molecule has 0 saturated heterocycles. The van der Waals surface area contributed by atoms with Crippen LogP contribution in [0.25, 0.3) is 0 Å². The Labute approximate surface area is 147 Å². The van der Waals surface area contributed by atoms with E-state index in [1.54, 1.807) is 18.2 Å². The lowest BCUT2D eigenvalue weighted by Crippen LogP contribution is -2.37. The third-order valence-corrected chi connectivity index (χ3v) is 4.18. The van der Waals surface area contributed by atoms with Crippen LogP contribution < -0.4 is 10.6 Å². The van der Waals surface area contributed by atoms with Crippen LogP contribution in [0.15, 0.2) is 48.5 Å². The minimum absolute atomic E-state index is 0.0170. The number of hydrogen-bond acceptors (Lipinski definition) is 2. The maximum Gasteiger partial charge on any atom is 0.234 e. The lowest BCUT2D eigenvalue weighted by atomic mass is 9.96. The van der Waals surface area contributed by atoms with Gasteiger partial charge in [0.15, 0.2) is 0 Å². The quantitative estimate of drug-likeness (QED) is 0.791. The minimum atomic E-state index is -0.265. The predicted molar refractivity (Wildman–Crippen MR) is 95.3 cm³/mol. The van der Waals surface area contributed by atoms with Crippen LogP contribution in [0.3, 0.4) is 0 Å². The van der Waals surface area contributed by atoms with Crippen LogP contribution in [-0.2, 0) is 11.3 Å². The molecule has 0 radical (unpaired) electrons. The molecule has 0 aliphatic rings. The van der Waals surface area contributed by atoms with Crippen molar-refractivity contribution >= 4 is 17.5 Å². The first-order valence-corrected chi connectivity index (χ1v) is 8.34. The van der Waals surface area contributed by atoms with Gasteiger partial charge in [-0.25, -0.2) is 4.39 Å². The largest absolute Gasteiger partial charge is 0.351 e. The monoisotopic (exact) mass is 348 g/mol. The fourth-order valence-corrected chi connectivity index (χ4v) is 2.71. The number of amides is 1. The Bertz CT molecular complexity index is 673. The van der Waals surface area contributed by atoms with Crippen molar-refractivity contribution < 1.29 is 9.18 Å². The van der Waals surface area contributed by atoms with Crippen LogP contribution in [-0.4, -0.2) is 12.5 Å². The Hall–Kier alpha value is -1.91. The molecule has 0 aliphatic carbocycles. The summed E-state index contributed by atoms with van der Waals surface area (Å²) in [7, 11) is 0. The van der Waals surface area contributed by atoms with E-state index in [2.05, 4.69) is 24.5 Å². The predicted octanol–water partition coefficient (Wildman–Crippen LogP) is 4.08. The first-order valence-electron chi connectivity index (χ1n) is 7.96. The summed E-state index contributed by atoms with van der Waals surface area (Å²) in [6.45, 7) is 4.69. The lowest BCUT2D eigenvalue weighted by Gasteiger charge is -2.23. The highest BCUT2D eigenvalue weighted by Crippen LogP contribution is 2.21. The van der Waals surface area contributed by atoms with Gasteiger partial charge in [-0.05, 0) is 35.2 Å². The molecule has 1 amide bonds. The molecule has 1 atom stereocenters. The molecule has 0 bridgehead atoms. The summed E-state index contributed by atoms with van der Waals surface area (Å²) in [6.07, 6.45) is 0. The van der Waals surface area contributed by atoms with Crippen molar-refractivity contribution in [3.05, 3.63) is 70.5 Å². The summed E-state index contributed by atoms with van der Waals surface area (Å²) in [6, 6.07) is 13.8. The summed E-state index contributed by atoms with van der Waals surface area (Å²) in [5.74, 6) is -0.103. The van der Waals surface area contributed by atoms with Crippen LogP contribution in [0.1, 0.15) is 31.0 Å². The molecule has 2 aromatic carbocycles. The number of carbonyl (C=O) groups excluding carboxylic acids is 1. The van der Waals surface area contributed by atoms with Gasteiger partial charge < -0.3 is 10.6 Å². The van der Waals surface area contributed by atoms with E-state index in [1.165, 1.54) is 12.1 Å². The molecule has 0 saturated carbocycles. The fraction of sp³-hybridized carbons (Fsp3) is 0.316. The molecular formula is C19H22ClFN2O. The van der Waals surface area contributed by atoms with E-state index in [9.17, 15) is 9.18 Å². The van der Waals surface area contributed by atoms with Gasteiger partial charge >= 0.3 is 0 Å². The zero-order chi connectivity index (χ0) is 17.5. The maximum atomic E-state index is 13.1. The highest BCUT2D eigenvalue weighted by atomic mass is 35.5. The zero-order valence-corrected chi connectivity index (χ0v) is 14.6. The second-order valence-electron chi connectivity index (χ2n) is 6.02. The van der Waals surface area contributed by atoms with Crippen molar-refractivity contribution in [2.45, 2.75) is 26.4 Å². The molecule has 3 nitrogen and oxygen atoms in total. The van der Waals surface area contributed by atoms with Gasteiger partial charge in [0.2, 0.25) is 5.91 Å². The molecule has 5 heteroatoms. The summed E-state index contributed by atoms with van der Waals surface area (Å²) >= 11 is 6.07. The van der Waals surface area contributed by atoms with Crippen LogP contribution in [0, 0.1) is 11.7 Å². The van der Waals surface area contributed by atoms with E-state index < -0.39 is 0 Å². The fourth-order valence-electron chi connectivity index (χ4n) is 2.51. The Balaban J connectivity index is 1.88. The van der Waals surface area contributed by atoms with Gasteiger partial charge in [0.1, 0.15) is 5.82 Å². The molecule has 0 heterocycles. The number of hydrogen-bond donors (Lipinski definition) is 2. The standard InChI is InChI=1S/C19H22ClFN2O/c1-13(2)19(14-7-9-16(21)10-8-14)23-12-18(24)22-11-15-5-3-4-6-17(15)20/h3-10,13,19,23H,11-12H2,1-2H3,(H,22,24)/t19-/m0/s1. The molecular weight excluding hydrogens is 327 g/mol. The third kappa shape index (κ3) is 5.32. The Morgan fingerprint density at radius 2 is 1.79 bits per heavy atom. The van der Waals surface area contributed by atoms with Gasteiger partial charge in [0, 0.05) is 17.6 Å². The topological polar surface area (TPSA) is 41.1 Å². The minimum Gasteiger partial charge on any atom is -0.351 e. The molecule has 0 unspecified atom stereocenters. The van der Waals surface area contributed by atoms with Gasteiger partial charge in [0.05, 0.1) is 6.54 Å². The van der Waals surface area contributed by atoms with Gasteiger partial charge in [0.25, 0.3) is 0 Å². The Morgan fingerprint density at radius 3 is 2.42 bits per heavy atom. The Morgan fingerprint density at radius 1 is 1.12 bits per heavy atom. The number of halogens is 2. The van der Waals surface area contributed by atoms with Crippen molar-refractivity contribution in [1.82, 2.24) is 10.6 Å². The second kappa shape index (κ2) is 8.81. The molecule has 24 heavy (non-hydrogen) atoms. The van der Waals surface area contributed by atoms with E-state index in [0.29, 0.717) is 11.6 Å². The maximum absolute atomic E-state index is 13.1. The summed E-state index contributed by atoms with van der Waals surface area (Å²) < 4.78 is 13.1. The second-order valence-corrected chi connectivity index (χ2v) is 6.43. The van der Waals surface area contributed by atoms with Crippen molar-refractivity contribution in [1.29, 1.82) is 0 Å². The highest BCUT2D eigenvalue weighted by molar-refractivity contribution is 6.31. The molecule has 2 N–H and O–H groups in total. The highest BCUT2D eigenvalue weighted by Gasteiger charge is 2.16. The van der Waals surface area contributed by atoms with Crippen LogP contribution in [0.4, 0.5) is 4.39 Å². The number of rotatable bonds is 7. The molecule has 0 aliphatic heterocycles. The number of nitrogens with one attached hydrogen (secondary N) is 2. The van der Waals surface area contributed by atoms with E-state index in [-0.39, 0.29) is 30.2 Å². The summed E-state index contributed by atoms with van der Waals surface area (Å²) in [4.78, 5) is 12.1. The van der Waals surface area contributed by atoms with E-state index in [0.717, 1.165) is 11.1 Å². The van der Waals surface area contributed by atoms with Crippen LogP contribution in [0.5, 0.6) is 0 Å². The van der Waals surface area contributed by atoms with E-state index in [1.807, 2.05) is 18.2 Å². The third-order valence-electron chi connectivity index (χ3n) is 3.81. The molecule has 0 aromatic heterocycles. The molecule has 128 valence electrons. The van der Waals surface area contributed by atoms with Gasteiger partial charge in [-0.1, -0.05) is 55.8 Å². The van der Waals surface area contributed by atoms with Crippen LogP contribution in [0.2, 0.25) is 5.02 Å². The van der Waals surface area contributed by atoms with E-state index >= 15 is 0 Å². The van der Waals surface area contributed by atoms with Crippen molar-refractivity contribution in [2.75, 3.05) is 6.54 Å². The smallest absolute Gasteiger partial charge is 0.234 e. The van der Waals surface area contributed by atoms with Crippen molar-refractivity contribution in [3.8, 4) is 0 Å². The Kier molecular flexibility index (Phi) is 6.76. The first kappa shape index (κ1) is 18.4. The lowest BCUT2D eigenvalue weighted by molar-refractivity contribution is -0.120.